The minimum Gasteiger partial charge on any atom is -0.333 e. The van der Waals surface area contributed by atoms with Crippen LogP contribution in [-0.4, -0.2) is 39.6 Å². The van der Waals surface area contributed by atoms with Crippen LogP contribution in [0, 0.1) is 12.8 Å². The fourth-order valence-corrected chi connectivity index (χ4v) is 2.99. The van der Waals surface area contributed by atoms with Gasteiger partial charge in [0, 0.05) is 24.4 Å². The van der Waals surface area contributed by atoms with Gasteiger partial charge in [-0.2, -0.15) is 5.10 Å². The number of nitrogens with one attached hydrogen (secondary N) is 1. The second kappa shape index (κ2) is 9.25. The van der Waals surface area contributed by atoms with Gasteiger partial charge in [0.15, 0.2) is 0 Å². The van der Waals surface area contributed by atoms with Crippen LogP contribution in [0.25, 0.3) is 5.69 Å². The van der Waals surface area contributed by atoms with Crippen molar-refractivity contribution in [2.24, 2.45) is 5.92 Å². The molecule has 2 rings (SSSR count). The number of aryl methyl sites for hydroxylation is 1. The lowest BCUT2D eigenvalue weighted by molar-refractivity contribution is -0.134. The largest absolute Gasteiger partial charge is 0.333 e. The van der Waals surface area contributed by atoms with Crippen molar-refractivity contribution in [3.05, 3.63) is 41.6 Å². The van der Waals surface area contributed by atoms with Crippen LogP contribution in [0.2, 0.25) is 0 Å². The predicted molar refractivity (Wildman–Crippen MR) is 117 cm³/mol. The highest BCUT2D eigenvalue weighted by molar-refractivity contribution is 5.94. The summed E-state index contributed by atoms with van der Waals surface area (Å²) in [7, 11) is 0. The van der Waals surface area contributed by atoms with Crippen molar-refractivity contribution in [2.75, 3.05) is 18.4 Å². The molecule has 1 N–H and O–H groups in total. The van der Waals surface area contributed by atoms with Gasteiger partial charge in [0.25, 0.3) is 0 Å². The molecule has 0 saturated carbocycles. The molecule has 6 nitrogen and oxygen atoms in total. The maximum Gasteiger partial charge on any atom is 0.245 e. The van der Waals surface area contributed by atoms with E-state index in [1.807, 2.05) is 58.0 Å². The number of hydrogen-bond donors (Lipinski definition) is 1. The van der Waals surface area contributed by atoms with Crippen LogP contribution in [0.4, 0.5) is 5.82 Å². The monoisotopic (exact) mass is 398 g/mol. The third-order valence-electron chi connectivity index (χ3n) is 4.60. The van der Waals surface area contributed by atoms with E-state index in [0.29, 0.717) is 24.7 Å². The molecule has 1 heterocycles. The zero-order valence-electron chi connectivity index (χ0n) is 18.7. The zero-order chi connectivity index (χ0) is 21.8. The summed E-state index contributed by atoms with van der Waals surface area (Å²) in [5.41, 5.74) is 2.77. The molecule has 0 fully saturated rings. The summed E-state index contributed by atoms with van der Waals surface area (Å²) < 4.78 is 1.76. The number of amides is 2. The maximum atomic E-state index is 12.8. The van der Waals surface area contributed by atoms with E-state index in [1.54, 1.807) is 9.58 Å². The summed E-state index contributed by atoms with van der Waals surface area (Å²) in [5, 5.41) is 7.70. The highest BCUT2D eigenvalue weighted by Gasteiger charge is 2.23. The van der Waals surface area contributed by atoms with Crippen molar-refractivity contribution in [3.63, 3.8) is 0 Å². The number of anilines is 1. The van der Waals surface area contributed by atoms with Gasteiger partial charge in [0.1, 0.15) is 5.82 Å². The van der Waals surface area contributed by atoms with E-state index in [-0.39, 0.29) is 23.8 Å². The van der Waals surface area contributed by atoms with Gasteiger partial charge in [0.2, 0.25) is 11.8 Å². The predicted octanol–water partition coefficient (Wildman–Crippen LogP) is 4.31. The number of hydrogen-bond acceptors (Lipinski definition) is 3. The van der Waals surface area contributed by atoms with E-state index in [9.17, 15) is 9.59 Å². The fourth-order valence-electron chi connectivity index (χ4n) is 2.99. The third-order valence-corrected chi connectivity index (χ3v) is 4.60. The van der Waals surface area contributed by atoms with Gasteiger partial charge < -0.3 is 10.2 Å². The van der Waals surface area contributed by atoms with E-state index in [4.69, 9.17) is 5.10 Å². The molecule has 1 aromatic carbocycles. The highest BCUT2D eigenvalue weighted by atomic mass is 16.2. The van der Waals surface area contributed by atoms with E-state index in [0.717, 1.165) is 16.9 Å². The molecule has 0 radical (unpaired) electrons. The fraction of sp³-hybridized carbons (Fsp3) is 0.522. The molecular formula is C23H34N4O2. The van der Waals surface area contributed by atoms with Crippen LogP contribution in [0.15, 0.2) is 30.3 Å². The molecule has 6 heteroatoms. The Labute approximate surface area is 174 Å². The number of nitrogens with zero attached hydrogens (tertiary/aromatic N) is 3. The molecule has 0 aliphatic heterocycles. The number of rotatable bonds is 7. The van der Waals surface area contributed by atoms with Crippen molar-refractivity contribution in [3.8, 4) is 5.69 Å². The number of carbonyl (C=O) groups excluding carboxylic acids is 2. The summed E-state index contributed by atoms with van der Waals surface area (Å²) in [5.74, 6) is 0.665. The average molecular weight is 399 g/mol. The van der Waals surface area contributed by atoms with Crippen molar-refractivity contribution >= 4 is 17.6 Å². The van der Waals surface area contributed by atoms with Crippen molar-refractivity contribution in [1.29, 1.82) is 0 Å². The lowest BCUT2D eigenvalue weighted by Crippen LogP contribution is -2.40. The van der Waals surface area contributed by atoms with Gasteiger partial charge in [-0.1, -0.05) is 59.2 Å². The Hall–Kier alpha value is -2.63. The van der Waals surface area contributed by atoms with Gasteiger partial charge >= 0.3 is 0 Å². The molecule has 0 atom stereocenters. The first-order chi connectivity index (χ1) is 13.5. The third kappa shape index (κ3) is 6.17. The normalized spacial score (nSPS) is 11.6. The first-order valence-electron chi connectivity index (χ1n) is 10.3. The molecule has 158 valence electrons. The minimum absolute atomic E-state index is 0.0173. The molecule has 0 bridgehead atoms. The highest BCUT2D eigenvalue weighted by Crippen LogP contribution is 2.26. The number of carbonyl (C=O) groups is 2. The standard InChI is InChI=1S/C23H34N4O2/c1-8-22(29)26(14-16(2)3)15-21(28)24-20-13-19(23(5,6)7)25-27(20)18-11-9-17(4)10-12-18/h9-13,16H,8,14-15H2,1-7H3,(H,24,28). The second-order valence-corrected chi connectivity index (χ2v) is 8.98. The Balaban J connectivity index is 2.30. The SMILES string of the molecule is CCC(=O)N(CC(=O)Nc1cc(C(C)(C)C)nn1-c1ccc(C)cc1)CC(C)C. The van der Waals surface area contributed by atoms with E-state index in [1.165, 1.54) is 0 Å². The lowest BCUT2D eigenvalue weighted by Gasteiger charge is -2.23. The smallest absolute Gasteiger partial charge is 0.245 e. The Bertz CT molecular complexity index is 845. The molecule has 2 amide bonds. The van der Waals surface area contributed by atoms with Crippen LogP contribution in [0.1, 0.15) is 59.2 Å². The minimum atomic E-state index is -0.221. The maximum absolute atomic E-state index is 12.8. The Morgan fingerprint density at radius 3 is 2.31 bits per heavy atom. The quantitative estimate of drug-likeness (QED) is 0.756. The first kappa shape index (κ1) is 22.7. The molecular weight excluding hydrogens is 364 g/mol. The Kier molecular flexibility index (Phi) is 7.22. The van der Waals surface area contributed by atoms with Crippen molar-refractivity contribution < 1.29 is 9.59 Å². The molecule has 0 unspecified atom stereocenters. The number of benzene rings is 1. The van der Waals surface area contributed by atoms with E-state index >= 15 is 0 Å². The Morgan fingerprint density at radius 1 is 1.17 bits per heavy atom. The lowest BCUT2D eigenvalue weighted by atomic mass is 9.92. The summed E-state index contributed by atoms with van der Waals surface area (Å²) >= 11 is 0. The Morgan fingerprint density at radius 2 is 1.79 bits per heavy atom. The van der Waals surface area contributed by atoms with E-state index < -0.39 is 0 Å². The number of aromatic nitrogens is 2. The van der Waals surface area contributed by atoms with Gasteiger partial charge in [-0.15, -0.1) is 0 Å². The van der Waals surface area contributed by atoms with Gasteiger partial charge in [0.05, 0.1) is 17.9 Å². The molecule has 0 saturated heterocycles. The van der Waals surface area contributed by atoms with Crippen LogP contribution < -0.4 is 5.32 Å². The van der Waals surface area contributed by atoms with E-state index in [2.05, 4.69) is 26.1 Å². The topological polar surface area (TPSA) is 67.2 Å². The second-order valence-electron chi connectivity index (χ2n) is 8.98. The molecule has 2 aromatic rings. The molecule has 0 aliphatic carbocycles. The summed E-state index contributed by atoms with van der Waals surface area (Å²) in [4.78, 5) is 26.6. The van der Waals surface area contributed by atoms with Gasteiger partial charge in [-0.05, 0) is 25.0 Å². The molecule has 0 aliphatic rings. The summed E-state index contributed by atoms with van der Waals surface area (Å²) in [6.45, 7) is 14.8. The van der Waals surface area contributed by atoms with Crippen LogP contribution in [-0.2, 0) is 15.0 Å². The molecule has 0 spiro atoms. The van der Waals surface area contributed by atoms with Crippen LogP contribution in [0.5, 0.6) is 0 Å². The molecule has 1 aromatic heterocycles. The zero-order valence-corrected chi connectivity index (χ0v) is 18.7. The van der Waals surface area contributed by atoms with Crippen molar-refractivity contribution in [2.45, 2.75) is 60.3 Å². The van der Waals surface area contributed by atoms with Gasteiger partial charge in [-0.3, -0.25) is 9.59 Å². The first-order valence-corrected chi connectivity index (χ1v) is 10.3. The van der Waals surface area contributed by atoms with Crippen LogP contribution in [0.3, 0.4) is 0 Å². The summed E-state index contributed by atoms with van der Waals surface area (Å²) in [6.07, 6.45) is 0.384. The summed E-state index contributed by atoms with van der Waals surface area (Å²) in [6, 6.07) is 9.91. The van der Waals surface area contributed by atoms with Crippen LogP contribution >= 0.6 is 0 Å². The molecule has 29 heavy (non-hydrogen) atoms. The van der Waals surface area contributed by atoms with Crippen molar-refractivity contribution in [1.82, 2.24) is 14.7 Å². The average Bonchev–Trinajstić information content (AvgIpc) is 3.04. The van der Waals surface area contributed by atoms with Gasteiger partial charge in [-0.25, -0.2) is 4.68 Å².